The molecule has 2 nitrogen and oxygen atoms in total. The van der Waals surface area contributed by atoms with E-state index in [1.165, 1.54) is 18.2 Å². The second-order valence-electron chi connectivity index (χ2n) is 5.00. The van der Waals surface area contributed by atoms with E-state index in [-0.39, 0.29) is 33.0 Å². The first-order valence-electron chi connectivity index (χ1n) is 5.98. The molecule has 0 heterocycles. The van der Waals surface area contributed by atoms with E-state index in [4.69, 9.17) is 0 Å². The Morgan fingerprint density at radius 2 is 1.38 bits per heavy atom. The summed E-state index contributed by atoms with van der Waals surface area (Å²) in [7, 11) is 8.38. The minimum Gasteiger partial charge on any atom is -0.342 e. The quantitative estimate of drug-likeness (QED) is 0.452. The zero-order chi connectivity index (χ0) is 12.3. The summed E-state index contributed by atoms with van der Waals surface area (Å²) in [5.41, 5.74) is 0. The molecular weight excluding hydrogens is 206 g/mol. The first-order chi connectivity index (χ1) is 6.90. The van der Waals surface area contributed by atoms with Crippen molar-refractivity contribution in [2.24, 2.45) is 0 Å². The van der Waals surface area contributed by atoms with Gasteiger partial charge in [-0.2, -0.15) is 6.42 Å². The molecule has 0 radical (unpaired) electrons. The van der Waals surface area contributed by atoms with Crippen molar-refractivity contribution in [3.8, 4) is 0 Å². The van der Waals surface area contributed by atoms with Gasteiger partial charge in [-0.05, 0) is 41.3 Å². The van der Waals surface area contributed by atoms with Crippen molar-refractivity contribution >= 4 is 14.1 Å². The van der Waals surface area contributed by atoms with Gasteiger partial charge in [0.05, 0.1) is 0 Å². The maximum Gasteiger partial charge on any atom is 1.00 e. The van der Waals surface area contributed by atoms with E-state index >= 15 is 0 Å². The Morgan fingerprint density at radius 1 is 0.938 bits per heavy atom. The molecule has 0 aromatic carbocycles. The smallest absolute Gasteiger partial charge is 0.342 e. The molecule has 0 saturated carbocycles. The second kappa shape index (κ2) is 16.0. The summed E-state index contributed by atoms with van der Waals surface area (Å²) in [5, 5.41) is 1.50. The zero-order valence-electron chi connectivity index (χ0n) is 12.7. The maximum absolute atomic E-state index is 3.68. The Labute approximate surface area is 120 Å². The van der Waals surface area contributed by atoms with Crippen LogP contribution in [0.5, 0.6) is 0 Å². The van der Waals surface area contributed by atoms with Gasteiger partial charge in [0, 0.05) is 0 Å². The molecule has 0 bridgehead atoms. The van der Waals surface area contributed by atoms with Crippen LogP contribution in [0, 0.1) is 6.92 Å². The normalized spacial score (nSPS) is 9.56. The second-order valence-corrected chi connectivity index (χ2v) is 8.36. The van der Waals surface area contributed by atoms with Crippen molar-refractivity contribution in [3.05, 3.63) is 6.92 Å². The summed E-state index contributed by atoms with van der Waals surface area (Å²) in [5.74, 6) is 4.82. The molecule has 0 aromatic heterocycles. The third-order valence-corrected chi connectivity index (χ3v) is 3.56. The molecular formula is C12H30AlLiN2. The van der Waals surface area contributed by atoms with Crippen molar-refractivity contribution in [1.82, 2.24) is 9.80 Å². The van der Waals surface area contributed by atoms with Crippen molar-refractivity contribution in [2.45, 2.75) is 29.7 Å². The fraction of sp³-hybridized carbons (Fsp3) is 0.917. The first kappa shape index (κ1) is 22.2. The Hall–Kier alpha value is 1.05. The molecule has 92 valence electrons. The molecule has 4 heteroatoms. The van der Waals surface area contributed by atoms with E-state index in [9.17, 15) is 0 Å². The summed E-state index contributed by atoms with van der Waals surface area (Å²) < 4.78 is 0. The third kappa shape index (κ3) is 29.4. The predicted octanol–water partition coefficient (Wildman–Crippen LogP) is -0.531. The van der Waals surface area contributed by atoms with Crippen molar-refractivity contribution < 1.29 is 18.9 Å². The Bertz CT molecular complexity index is 112. The third-order valence-electron chi connectivity index (χ3n) is 1.99. The van der Waals surface area contributed by atoms with E-state index in [0.29, 0.717) is 0 Å². The van der Waals surface area contributed by atoms with Crippen LogP contribution in [0.2, 0.25) is 16.9 Å². The van der Waals surface area contributed by atoms with Gasteiger partial charge in [0.15, 0.2) is 0 Å². The van der Waals surface area contributed by atoms with Crippen LogP contribution in [0.4, 0.5) is 0 Å². The molecule has 0 unspecified atom stereocenters. The molecule has 0 atom stereocenters. The summed E-state index contributed by atoms with van der Waals surface area (Å²) in [6, 6.07) is 0. The van der Waals surface area contributed by atoms with Gasteiger partial charge in [0.2, 0.25) is 0 Å². The fourth-order valence-corrected chi connectivity index (χ4v) is 2.13. The van der Waals surface area contributed by atoms with Crippen molar-refractivity contribution in [2.75, 3.05) is 41.3 Å². The van der Waals surface area contributed by atoms with Crippen LogP contribution in [0.3, 0.4) is 0 Å². The van der Waals surface area contributed by atoms with Crippen LogP contribution in [-0.2, 0) is 0 Å². The molecule has 0 aliphatic heterocycles. The molecule has 0 aromatic rings. The predicted molar refractivity (Wildman–Crippen MR) is 74.0 cm³/mol. The van der Waals surface area contributed by atoms with E-state index in [1.54, 1.807) is 0 Å². The monoisotopic (exact) mass is 236 g/mol. The topological polar surface area (TPSA) is 6.48 Å². The minimum atomic E-state index is -0.256. The van der Waals surface area contributed by atoms with Gasteiger partial charge >= 0.3 is 18.9 Å². The number of rotatable bonds is 6. The van der Waals surface area contributed by atoms with E-state index in [2.05, 4.69) is 42.4 Å². The van der Waals surface area contributed by atoms with Gasteiger partial charge < -0.3 is 16.7 Å². The van der Waals surface area contributed by atoms with Gasteiger partial charge in [-0.25, -0.2) is 0 Å². The molecule has 0 aliphatic rings. The van der Waals surface area contributed by atoms with E-state index in [0.717, 1.165) is 13.0 Å². The summed E-state index contributed by atoms with van der Waals surface area (Å²) in [4.78, 5) is 4.38. The molecule has 0 saturated heterocycles. The Kier molecular flexibility index (Phi) is 22.3. The standard InChI is InChI=1S/2C5H12N.2CH3.Al.Li/c2*1-4-5-6(2)3;;;;/h2*1,4-5H2,2-3H3;2*1H3;;/q;-1;;;;+1. The van der Waals surface area contributed by atoms with Crippen molar-refractivity contribution in [1.29, 1.82) is 0 Å². The number of hydrogen-bond acceptors (Lipinski definition) is 2. The van der Waals surface area contributed by atoms with Gasteiger partial charge in [-0.1, -0.05) is 11.7 Å². The number of hydrogen-bond donors (Lipinski definition) is 0. The largest absolute Gasteiger partial charge is 1.00 e. The fourth-order valence-electron chi connectivity index (χ4n) is 1.13. The zero-order valence-corrected chi connectivity index (χ0v) is 13.9. The summed E-state index contributed by atoms with van der Waals surface area (Å²) in [6.45, 7) is 6.05. The van der Waals surface area contributed by atoms with Gasteiger partial charge in [0.1, 0.15) is 0 Å². The molecule has 0 rings (SSSR count). The van der Waals surface area contributed by atoms with Crippen LogP contribution in [0.1, 0.15) is 12.8 Å². The summed E-state index contributed by atoms with van der Waals surface area (Å²) in [6.07, 6.45) is 2.41. The van der Waals surface area contributed by atoms with Crippen LogP contribution < -0.4 is 18.9 Å². The maximum atomic E-state index is 3.68. The molecule has 0 aliphatic carbocycles. The molecule has 0 spiro atoms. The molecule has 0 fully saturated rings. The number of nitrogens with zero attached hydrogens (tertiary/aromatic N) is 2. The Balaban J connectivity index is -0.000000214. The van der Waals surface area contributed by atoms with Crippen LogP contribution in [0.15, 0.2) is 0 Å². The average molecular weight is 236 g/mol. The first-order valence-corrected chi connectivity index (χ1v) is 9.11. The minimum absolute atomic E-state index is 0. The van der Waals surface area contributed by atoms with Gasteiger partial charge in [-0.3, -0.25) is 0 Å². The van der Waals surface area contributed by atoms with Gasteiger partial charge in [0.25, 0.3) is 14.1 Å². The van der Waals surface area contributed by atoms with E-state index < -0.39 is 0 Å². The molecule has 0 N–H and O–H groups in total. The molecule has 0 amide bonds. The van der Waals surface area contributed by atoms with E-state index in [1.807, 2.05) is 14.1 Å². The van der Waals surface area contributed by atoms with Crippen LogP contribution in [-0.4, -0.2) is 65.2 Å². The average Bonchev–Trinajstić information content (AvgIpc) is 2.03. The molecule has 16 heavy (non-hydrogen) atoms. The SMILES string of the molecule is CN(C)CC[CH2][Al]([CH3])[CH3].[CH2-]CCN(C)C.[Li+]. The van der Waals surface area contributed by atoms with Crippen LogP contribution in [0.25, 0.3) is 0 Å². The van der Waals surface area contributed by atoms with Crippen molar-refractivity contribution in [3.63, 3.8) is 0 Å². The van der Waals surface area contributed by atoms with Gasteiger partial charge in [-0.15, -0.1) is 11.6 Å². The Morgan fingerprint density at radius 3 is 1.56 bits per heavy atom. The van der Waals surface area contributed by atoms with Crippen LogP contribution >= 0.6 is 0 Å². The summed E-state index contributed by atoms with van der Waals surface area (Å²) >= 11 is -0.256.